The number of hydrogen-bond donors (Lipinski definition) is 0. The summed E-state index contributed by atoms with van der Waals surface area (Å²) < 4.78 is 2.14. The molecule has 7 heteroatoms. The summed E-state index contributed by atoms with van der Waals surface area (Å²) in [5, 5.41) is 9.54. The monoisotopic (exact) mass is 435 g/mol. The smallest absolute Gasteiger partial charge is 0.253 e. The molecule has 0 radical (unpaired) electrons. The number of nitrogens with zero attached hydrogens (tertiary/aromatic N) is 5. The lowest BCUT2D eigenvalue weighted by atomic mass is 10.1. The third-order valence-corrected chi connectivity index (χ3v) is 6.77. The van der Waals surface area contributed by atoms with Gasteiger partial charge in [0.2, 0.25) is 0 Å². The third-order valence-electron chi connectivity index (χ3n) is 5.73. The van der Waals surface area contributed by atoms with E-state index >= 15 is 0 Å². The van der Waals surface area contributed by atoms with Crippen LogP contribution in [0.15, 0.2) is 59.8 Å². The molecule has 4 rings (SSSR count). The molecule has 0 N–H and O–H groups in total. The molecule has 2 aromatic carbocycles. The Hall–Kier alpha value is -2.64. The normalized spacial score (nSPS) is 14.7. The van der Waals surface area contributed by atoms with Crippen LogP contribution in [-0.2, 0) is 12.3 Å². The Balaban J connectivity index is 1.41. The van der Waals surface area contributed by atoms with Crippen LogP contribution >= 0.6 is 11.8 Å². The number of carbonyl (C=O) groups excluding carboxylic acids is 1. The van der Waals surface area contributed by atoms with E-state index in [0.717, 1.165) is 67.1 Å². The number of amides is 1. The Morgan fingerprint density at radius 1 is 0.968 bits per heavy atom. The average Bonchev–Trinajstić information content (AvgIpc) is 3.17. The molecular formula is C24H29N5OS. The van der Waals surface area contributed by atoms with Crippen molar-refractivity contribution in [2.24, 2.45) is 0 Å². The van der Waals surface area contributed by atoms with Crippen molar-refractivity contribution >= 4 is 17.7 Å². The first kappa shape index (κ1) is 21.6. The van der Waals surface area contributed by atoms with Crippen LogP contribution < -0.4 is 0 Å². The zero-order chi connectivity index (χ0) is 21.6. The number of carbonyl (C=O) groups is 1. The zero-order valence-corrected chi connectivity index (χ0v) is 19.0. The van der Waals surface area contributed by atoms with Crippen LogP contribution in [0.1, 0.15) is 34.2 Å². The molecule has 1 amide bonds. The zero-order valence-electron chi connectivity index (χ0n) is 18.2. The van der Waals surface area contributed by atoms with Crippen LogP contribution in [0, 0.1) is 6.92 Å². The molecule has 0 atom stereocenters. The number of piperazine rings is 1. The number of hydrogen-bond acceptors (Lipinski definition) is 5. The summed E-state index contributed by atoms with van der Waals surface area (Å²) in [6.45, 7) is 9.45. The second kappa shape index (κ2) is 10.1. The summed E-state index contributed by atoms with van der Waals surface area (Å²) in [7, 11) is 0. The van der Waals surface area contributed by atoms with Gasteiger partial charge in [0.1, 0.15) is 5.82 Å². The van der Waals surface area contributed by atoms with E-state index in [-0.39, 0.29) is 5.91 Å². The van der Waals surface area contributed by atoms with E-state index in [1.807, 2.05) is 48.2 Å². The first-order valence-electron chi connectivity index (χ1n) is 10.8. The van der Waals surface area contributed by atoms with Crippen LogP contribution in [0.5, 0.6) is 0 Å². The molecule has 3 aromatic rings. The second-order valence-electron chi connectivity index (χ2n) is 7.82. The van der Waals surface area contributed by atoms with Crippen molar-refractivity contribution in [1.29, 1.82) is 0 Å². The fourth-order valence-corrected chi connectivity index (χ4v) is 4.73. The van der Waals surface area contributed by atoms with Gasteiger partial charge in [-0.2, -0.15) is 0 Å². The minimum absolute atomic E-state index is 0.130. The van der Waals surface area contributed by atoms with Gasteiger partial charge in [-0.1, -0.05) is 61.2 Å². The lowest BCUT2D eigenvalue weighted by molar-refractivity contribution is 0.0643. The van der Waals surface area contributed by atoms with Gasteiger partial charge < -0.3 is 14.4 Å². The van der Waals surface area contributed by atoms with Crippen molar-refractivity contribution in [2.45, 2.75) is 31.3 Å². The molecule has 1 aliphatic heterocycles. The highest BCUT2D eigenvalue weighted by Gasteiger charge is 2.21. The molecule has 1 fully saturated rings. The van der Waals surface area contributed by atoms with E-state index in [9.17, 15) is 4.79 Å². The Labute approximate surface area is 188 Å². The third kappa shape index (κ3) is 5.35. The molecule has 1 aromatic heterocycles. The maximum absolute atomic E-state index is 13.0. The summed E-state index contributed by atoms with van der Waals surface area (Å²) in [5.41, 5.74) is 3.11. The quantitative estimate of drug-likeness (QED) is 0.530. The summed E-state index contributed by atoms with van der Waals surface area (Å²) in [5.74, 6) is 1.78. The molecule has 6 nitrogen and oxygen atoms in total. The van der Waals surface area contributed by atoms with Gasteiger partial charge in [0.15, 0.2) is 5.16 Å². The molecule has 0 spiro atoms. The van der Waals surface area contributed by atoms with E-state index in [1.54, 1.807) is 11.8 Å². The number of likely N-dealkylation sites (N-methyl/N-ethyl adjacent to an activating group) is 1. The minimum atomic E-state index is 0.130. The first-order valence-corrected chi connectivity index (χ1v) is 11.8. The lowest BCUT2D eigenvalue weighted by Crippen LogP contribution is -2.48. The van der Waals surface area contributed by atoms with Crippen LogP contribution in [-0.4, -0.2) is 63.2 Å². The van der Waals surface area contributed by atoms with E-state index in [0.29, 0.717) is 0 Å². The van der Waals surface area contributed by atoms with Crippen molar-refractivity contribution in [2.75, 3.05) is 32.7 Å². The maximum atomic E-state index is 13.0. The first-order chi connectivity index (χ1) is 15.1. The highest BCUT2D eigenvalue weighted by Crippen LogP contribution is 2.23. The number of aromatic nitrogens is 3. The highest BCUT2D eigenvalue weighted by atomic mass is 32.2. The van der Waals surface area contributed by atoms with Crippen LogP contribution in [0.25, 0.3) is 0 Å². The molecule has 0 unspecified atom stereocenters. The van der Waals surface area contributed by atoms with Gasteiger partial charge in [-0.3, -0.25) is 4.79 Å². The summed E-state index contributed by atoms with van der Waals surface area (Å²) in [4.78, 5) is 17.3. The molecule has 31 heavy (non-hydrogen) atoms. The van der Waals surface area contributed by atoms with E-state index < -0.39 is 0 Å². The highest BCUT2D eigenvalue weighted by molar-refractivity contribution is 7.98. The van der Waals surface area contributed by atoms with Crippen LogP contribution in [0.3, 0.4) is 0 Å². The predicted molar refractivity (Wildman–Crippen MR) is 124 cm³/mol. The molecule has 2 heterocycles. The van der Waals surface area contributed by atoms with Gasteiger partial charge in [-0.25, -0.2) is 0 Å². The number of thioether (sulfide) groups is 1. The van der Waals surface area contributed by atoms with Gasteiger partial charge in [0, 0.05) is 37.5 Å². The molecule has 162 valence electrons. The van der Waals surface area contributed by atoms with Crippen molar-refractivity contribution < 1.29 is 4.79 Å². The van der Waals surface area contributed by atoms with E-state index in [2.05, 4.69) is 44.8 Å². The molecule has 1 aliphatic rings. The maximum Gasteiger partial charge on any atom is 0.253 e. The second-order valence-corrected chi connectivity index (χ2v) is 8.76. The molecular weight excluding hydrogens is 406 g/mol. The van der Waals surface area contributed by atoms with E-state index in [4.69, 9.17) is 0 Å². The molecule has 0 bridgehead atoms. The predicted octanol–water partition coefficient (Wildman–Crippen LogP) is 3.70. The number of benzene rings is 2. The van der Waals surface area contributed by atoms with Crippen molar-refractivity contribution in [3.8, 4) is 0 Å². The fourth-order valence-electron chi connectivity index (χ4n) is 3.81. The molecule has 0 aliphatic carbocycles. The Kier molecular flexibility index (Phi) is 7.04. The Bertz CT molecular complexity index is 1010. The number of aryl methyl sites for hydroxylation is 1. The Morgan fingerprint density at radius 3 is 2.45 bits per heavy atom. The number of rotatable bonds is 7. The van der Waals surface area contributed by atoms with Gasteiger partial charge in [0.05, 0.1) is 6.54 Å². The van der Waals surface area contributed by atoms with Crippen LogP contribution in [0.2, 0.25) is 0 Å². The van der Waals surface area contributed by atoms with Gasteiger partial charge in [-0.15, -0.1) is 10.2 Å². The van der Waals surface area contributed by atoms with Gasteiger partial charge >= 0.3 is 0 Å². The van der Waals surface area contributed by atoms with E-state index in [1.165, 1.54) is 5.56 Å². The summed E-state index contributed by atoms with van der Waals surface area (Å²) in [6, 6.07) is 18.3. The van der Waals surface area contributed by atoms with Gasteiger partial charge in [-0.05, 0) is 36.7 Å². The summed E-state index contributed by atoms with van der Waals surface area (Å²) >= 11 is 1.66. The van der Waals surface area contributed by atoms with Crippen LogP contribution in [0.4, 0.5) is 0 Å². The minimum Gasteiger partial charge on any atom is -0.336 e. The topological polar surface area (TPSA) is 54.3 Å². The summed E-state index contributed by atoms with van der Waals surface area (Å²) in [6.07, 6.45) is 0. The molecule has 1 saturated heterocycles. The molecule has 0 saturated carbocycles. The fraction of sp³-hybridized carbons (Fsp3) is 0.375. The van der Waals surface area contributed by atoms with Gasteiger partial charge in [0.25, 0.3) is 5.91 Å². The SMILES string of the molecule is CCN1CCN(C(=O)c2cccc(CSc3nnc(C)n3Cc3ccccc3)c2)CC1. The van der Waals surface area contributed by atoms with Crippen molar-refractivity contribution in [3.05, 3.63) is 77.1 Å². The largest absolute Gasteiger partial charge is 0.336 e. The lowest BCUT2D eigenvalue weighted by Gasteiger charge is -2.34. The standard InChI is InChI=1S/C24H29N5OS/c1-3-27-12-14-28(15-13-27)23(30)22-11-7-10-21(16-22)18-31-24-26-25-19(2)29(24)17-20-8-5-4-6-9-20/h4-11,16H,3,12-15,17-18H2,1-2H3. The Morgan fingerprint density at radius 2 is 1.71 bits per heavy atom. The average molecular weight is 436 g/mol. The van der Waals surface area contributed by atoms with Crippen molar-refractivity contribution in [3.63, 3.8) is 0 Å². The van der Waals surface area contributed by atoms with Crippen molar-refractivity contribution in [1.82, 2.24) is 24.6 Å².